The van der Waals surface area contributed by atoms with E-state index in [1.165, 1.54) is 18.5 Å². The van der Waals surface area contributed by atoms with Crippen LogP contribution in [-0.4, -0.2) is 32.7 Å². The molecule has 1 fully saturated rings. The number of ether oxygens (including phenoxy) is 1. The smallest absolute Gasteiger partial charge is 0.226 e. The van der Waals surface area contributed by atoms with Crippen LogP contribution < -0.4 is 20.3 Å². The molecule has 25 heavy (non-hydrogen) atoms. The van der Waals surface area contributed by atoms with Gasteiger partial charge in [-0.1, -0.05) is 12.1 Å². The summed E-state index contributed by atoms with van der Waals surface area (Å²) in [4.78, 5) is 14.5. The molecule has 2 N–H and O–H groups in total. The Balaban J connectivity index is 1.46. The van der Waals surface area contributed by atoms with Crippen molar-refractivity contribution in [2.75, 3.05) is 42.3 Å². The first-order chi connectivity index (χ1) is 12.3. The lowest BCUT2D eigenvalue weighted by atomic mass is 10.2. The van der Waals surface area contributed by atoms with E-state index in [-0.39, 0.29) is 5.91 Å². The summed E-state index contributed by atoms with van der Waals surface area (Å²) >= 11 is 0. The predicted molar refractivity (Wildman–Crippen MR) is 103 cm³/mol. The summed E-state index contributed by atoms with van der Waals surface area (Å²) in [6.45, 7) is 2.80. The fraction of sp³-hybridized carbons (Fsp3) is 0.350. The Bertz CT molecular complexity index is 694. The SMILES string of the molecule is COc1ccccc1NCCC(=O)Nc1ccc(N2CCCC2)cc1. The van der Waals surface area contributed by atoms with Crippen LogP contribution in [0.5, 0.6) is 5.75 Å². The van der Waals surface area contributed by atoms with E-state index in [9.17, 15) is 4.79 Å². The molecule has 1 heterocycles. The normalized spacial score (nSPS) is 13.6. The van der Waals surface area contributed by atoms with Gasteiger partial charge in [0.1, 0.15) is 5.75 Å². The van der Waals surface area contributed by atoms with Gasteiger partial charge in [0.25, 0.3) is 0 Å². The first-order valence-corrected chi connectivity index (χ1v) is 8.78. The number of benzene rings is 2. The molecule has 2 aromatic carbocycles. The van der Waals surface area contributed by atoms with Gasteiger partial charge in [0.05, 0.1) is 12.8 Å². The summed E-state index contributed by atoms with van der Waals surface area (Å²) in [6.07, 6.45) is 2.92. The van der Waals surface area contributed by atoms with Crippen LogP contribution in [0.15, 0.2) is 48.5 Å². The van der Waals surface area contributed by atoms with E-state index >= 15 is 0 Å². The van der Waals surface area contributed by atoms with Crippen molar-refractivity contribution in [3.05, 3.63) is 48.5 Å². The number of nitrogens with one attached hydrogen (secondary N) is 2. The number of hydrogen-bond donors (Lipinski definition) is 2. The Hall–Kier alpha value is -2.69. The highest BCUT2D eigenvalue weighted by Crippen LogP contribution is 2.23. The molecule has 5 heteroatoms. The summed E-state index contributed by atoms with van der Waals surface area (Å²) in [5, 5.41) is 6.18. The highest BCUT2D eigenvalue weighted by molar-refractivity contribution is 5.91. The minimum Gasteiger partial charge on any atom is -0.495 e. The number of nitrogens with zero attached hydrogens (tertiary/aromatic N) is 1. The van der Waals surface area contributed by atoms with E-state index in [0.717, 1.165) is 30.2 Å². The van der Waals surface area contributed by atoms with Crippen molar-refractivity contribution in [2.45, 2.75) is 19.3 Å². The van der Waals surface area contributed by atoms with E-state index in [4.69, 9.17) is 4.74 Å². The predicted octanol–water partition coefficient (Wildman–Crippen LogP) is 3.74. The zero-order valence-corrected chi connectivity index (χ0v) is 14.6. The highest BCUT2D eigenvalue weighted by atomic mass is 16.5. The Morgan fingerprint density at radius 1 is 1.08 bits per heavy atom. The molecule has 0 aliphatic carbocycles. The summed E-state index contributed by atoms with van der Waals surface area (Å²) in [6, 6.07) is 15.8. The molecule has 0 spiro atoms. The van der Waals surface area contributed by atoms with Crippen LogP contribution in [0.2, 0.25) is 0 Å². The molecule has 1 amide bonds. The molecule has 132 valence electrons. The third-order valence-electron chi connectivity index (χ3n) is 4.40. The Morgan fingerprint density at radius 3 is 2.52 bits per heavy atom. The lowest BCUT2D eigenvalue weighted by molar-refractivity contribution is -0.115. The van der Waals surface area contributed by atoms with E-state index in [0.29, 0.717) is 13.0 Å². The molecule has 0 aromatic heterocycles. The van der Waals surface area contributed by atoms with Gasteiger partial charge in [0, 0.05) is 37.4 Å². The zero-order valence-electron chi connectivity index (χ0n) is 14.6. The van der Waals surface area contributed by atoms with E-state index in [1.807, 2.05) is 36.4 Å². The monoisotopic (exact) mass is 339 g/mol. The number of hydrogen-bond acceptors (Lipinski definition) is 4. The van der Waals surface area contributed by atoms with Crippen molar-refractivity contribution in [1.82, 2.24) is 0 Å². The van der Waals surface area contributed by atoms with Gasteiger partial charge in [-0.3, -0.25) is 4.79 Å². The standard InChI is InChI=1S/C20H25N3O2/c1-25-19-7-3-2-6-18(19)21-13-12-20(24)22-16-8-10-17(11-9-16)23-14-4-5-15-23/h2-3,6-11,21H,4-5,12-15H2,1H3,(H,22,24). The first kappa shape index (κ1) is 17.1. The van der Waals surface area contributed by atoms with Gasteiger partial charge in [0.15, 0.2) is 0 Å². The van der Waals surface area contributed by atoms with Gasteiger partial charge in [-0.15, -0.1) is 0 Å². The molecule has 0 bridgehead atoms. The molecule has 3 rings (SSSR count). The number of carbonyl (C=O) groups is 1. The molecule has 0 saturated carbocycles. The number of rotatable bonds is 7. The van der Waals surface area contributed by atoms with Crippen molar-refractivity contribution in [3.63, 3.8) is 0 Å². The Kier molecular flexibility index (Phi) is 5.77. The van der Waals surface area contributed by atoms with Crippen LogP contribution in [0.3, 0.4) is 0 Å². The van der Waals surface area contributed by atoms with E-state index < -0.39 is 0 Å². The lowest BCUT2D eigenvalue weighted by Gasteiger charge is -2.17. The summed E-state index contributed by atoms with van der Waals surface area (Å²) in [5.41, 5.74) is 2.96. The van der Waals surface area contributed by atoms with Gasteiger partial charge in [-0.2, -0.15) is 0 Å². The number of methoxy groups -OCH3 is 1. The van der Waals surface area contributed by atoms with Gasteiger partial charge < -0.3 is 20.3 Å². The molecule has 1 saturated heterocycles. The largest absolute Gasteiger partial charge is 0.495 e. The highest BCUT2D eigenvalue weighted by Gasteiger charge is 2.12. The van der Waals surface area contributed by atoms with Gasteiger partial charge >= 0.3 is 0 Å². The maximum absolute atomic E-state index is 12.1. The van der Waals surface area contributed by atoms with Crippen LogP contribution in [0.4, 0.5) is 17.1 Å². The fourth-order valence-electron chi connectivity index (χ4n) is 3.06. The minimum atomic E-state index is -0.00341. The quantitative estimate of drug-likeness (QED) is 0.807. The maximum Gasteiger partial charge on any atom is 0.226 e. The van der Waals surface area contributed by atoms with Crippen molar-refractivity contribution in [2.24, 2.45) is 0 Å². The average Bonchev–Trinajstić information content (AvgIpc) is 3.17. The van der Waals surface area contributed by atoms with Gasteiger partial charge in [-0.25, -0.2) is 0 Å². The molecule has 1 aliphatic rings. The van der Waals surface area contributed by atoms with Gasteiger partial charge in [-0.05, 0) is 49.2 Å². The molecule has 0 unspecified atom stereocenters. The second kappa shape index (κ2) is 8.42. The van der Waals surface area contributed by atoms with Gasteiger partial charge in [0.2, 0.25) is 5.91 Å². The number of carbonyl (C=O) groups excluding carboxylic acids is 1. The van der Waals surface area contributed by atoms with Crippen LogP contribution in [-0.2, 0) is 4.79 Å². The molecular weight excluding hydrogens is 314 g/mol. The zero-order chi connectivity index (χ0) is 17.5. The molecule has 1 aliphatic heterocycles. The number of amides is 1. The van der Waals surface area contributed by atoms with Crippen LogP contribution >= 0.6 is 0 Å². The molecule has 0 radical (unpaired) electrons. The number of para-hydroxylation sites is 2. The summed E-state index contributed by atoms with van der Waals surface area (Å²) in [5.74, 6) is 0.775. The third kappa shape index (κ3) is 4.66. The maximum atomic E-state index is 12.1. The van der Waals surface area contributed by atoms with Crippen molar-refractivity contribution in [3.8, 4) is 5.75 Å². The van der Waals surface area contributed by atoms with E-state index in [2.05, 4.69) is 27.7 Å². The molecule has 2 aromatic rings. The van der Waals surface area contributed by atoms with Crippen LogP contribution in [0.25, 0.3) is 0 Å². The average molecular weight is 339 g/mol. The van der Waals surface area contributed by atoms with E-state index in [1.54, 1.807) is 7.11 Å². The molecule has 0 atom stereocenters. The fourth-order valence-corrected chi connectivity index (χ4v) is 3.06. The molecule has 5 nitrogen and oxygen atoms in total. The Labute approximate surface area is 149 Å². The van der Waals surface area contributed by atoms with Crippen molar-refractivity contribution < 1.29 is 9.53 Å². The summed E-state index contributed by atoms with van der Waals surface area (Å²) < 4.78 is 5.28. The van der Waals surface area contributed by atoms with Crippen molar-refractivity contribution >= 4 is 23.0 Å². The lowest BCUT2D eigenvalue weighted by Crippen LogP contribution is -2.18. The summed E-state index contributed by atoms with van der Waals surface area (Å²) in [7, 11) is 1.64. The first-order valence-electron chi connectivity index (χ1n) is 8.78. The molecular formula is C20H25N3O2. The third-order valence-corrected chi connectivity index (χ3v) is 4.40. The van der Waals surface area contributed by atoms with Crippen molar-refractivity contribution in [1.29, 1.82) is 0 Å². The second-order valence-electron chi connectivity index (χ2n) is 6.17. The topological polar surface area (TPSA) is 53.6 Å². The number of anilines is 3. The minimum absolute atomic E-state index is 0.00341. The van der Waals surface area contributed by atoms with Crippen LogP contribution in [0.1, 0.15) is 19.3 Å². The Morgan fingerprint density at radius 2 is 1.80 bits per heavy atom. The second-order valence-corrected chi connectivity index (χ2v) is 6.17. The van der Waals surface area contributed by atoms with Crippen LogP contribution in [0, 0.1) is 0 Å².